The molecule has 1 fully saturated rings. The Kier molecular flexibility index (Phi) is 8.51. The number of aryl methyl sites for hydroxylation is 2. The molecule has 2 aromatic rings. The van der Waals surface area contributed by atoms with Gasteiger partial charge in [0.05, 0.1) is 0 Å². The molecule has 1 aliphatic rings. The minimum Gasteiger partial charge on any atom is -0.236 e. The van der Waals surface area contributed by atoms with Gasteiger partial charge in [-0.05, 0) is 42.2 Å². The predicted octanol–water partition coefficient (Wildman–Crippen LogP) is 7.42. The lowest BCUT2D eigenvalue weighted by molar-refractivity contribution is 0.249. The van der Waals surface area contributed by atoms with Crippen LogP contribution in [0.15, 0.2) is 36.7 Å². The number of hydrogen-bond acceptors (Lipinski definition) is 2. The minimum absolute atomic E-state index is 0.841. The van der Waals surface area contributed by atoms with Crippen molar-refractivity contribution in [1.29, 1.82) is 0 Å². The first-order valence-corrected chi connectivity index (χ1v) is 11.7. The summed E-state index contributed by atoms with van der Waals surface area (Å²) in [5.74, 6) is 2.80. The second-order valence-corrected chi connectivity index (χ2v) is 8.78. The van der Waals surface area contributed by atoms with E-state index in [1.54, 1.807) is 0 Å². The second kappa shape index (κ2) is 11.3. The third kappa shape index (κ3) is 6.43. The topological polar surface area (TPSA) is 25.8 Å². The van der Waals surface area contributed by atoms with E-state index in [9.17, 15) is 0 Å². The van der Waals surface area contributed by atoms with E-state index in [0.717, 1.165) is 36.1 Å². The third-order valence-electron chi connectivity index (χ3n) is 6.48. The summed E-state index contributed by atoms with van der Waals surface area (Å²) < 4.78 is 0. The fourth-order valence-corrected chi connectivity index (χ4v) is 4.60. The maximum absolute atomic E-state index is 4.54. The highest BCUT2D eigenvalue weighted by Crippen LogP contribution is 2.34. The van der Waals surface area contributed by atoms with Gasteiger partial charge < -0.3 is 0 Å². The van der Waals surface area contributed by atoms with E-state index >= 15 is 0 Å². The SMILES string of the molecule is CCCCCC1CCC(CCc2ccc(-c3ncc(CCC)cn3)cc2)CC1. The van der Waals surface area contributed by atoms with E-state index in [-0.39, 0.29) is 0 Å². The molecule has 0 atom stereocenters. The number of hydrogen-bond donors (Lipinski definition) is 0. The molecule has 0 bridgehead atoms. The van der Waals surface area contributed by atoms with Crippen molar-refractivity contribution >= 4 is 0 Å². The molecule has 152 valence electrons. The zero-order chi connectivity index (χ0) is 19.6. The fraction of sp³-hybridized carbons (Fsp3) is 0.615. The molecule has 0 saturated heterocycles. The van der Waals surface area contributed by atoms with Crippen LogP contribution in [0, 0.1) is 11.8 Å². The van der Waals surface area contributed by atoms with Gasteiger partial charge in [-0.1, -0.05) is 95.9 Å². The zero-order valence-corrected chi connectivity index (χ0v) is 18.0. The minimum atomic E-state index is 0.841. The highest BCUT2D eigenvalue weighted by Gasteiger charge is 2.20. The summed E-state index contributed by atoms with van der Waals surface area (Å²) in [6, 6.07) is 8.92. The molecule has 0 amide bonds. The summed E-state index contributed by atoms with van der Waals surface area (Å²) in [4.78, 5) is 9.08. The lowest BCUT2D eigenvalue weighted by Crippen LogP contribution is -2.15. The third-order valence-corrected chi connectivity index (χ3v) is 6.48. The number of unbranched alkanes of at least 4 members (excludes halogenated alkanes) is 2. The summed E-state index contributed by atoms with van der Waals surface area (Å²) in [7, 11) is 0. The molecular formula is C26H38N2. The van der Waals surface area contributed by atoms with Crippen LogP contribution in [-0.2, 0) is 12.8 Å². The zero-order valence-electron chi connectivity index (χ0n) is 18.0. The molecule has 1 aliphatic carbocycles. The Morgan fingerprint density at radius 2 is 1.36 bits per heavy atom. The van der Waals surface area contributed by atoms with E-state index < -0.39 is 0 Å². The predicted molar refractivity (Wildman–Crippen MR) is 119 cm³/mol. The molecule has 3 rings (SSSR count). The summed E-state index contributed by atoms with van der Waals surface area (Å²) in [6.07, 6.45) is 20.2. The van der Waals surface area contributed by atoms with Crippen LogP contribution in [0.1, 0.15) is 89.2 Å². The Labute approximate surface area is 172 Å². The summed E-state index contributed by atoms with van der Waals surface area (Å²) in [5, 5.41) is 0. The van der Waals surface area contributed by atoms with Gasteiger partial charge in [0.15, 0.2) is 5.82 Å². The normalized spacial score (nSPS) is 19.6. The Bertz CT molecular complexity index is 667. The summed E-state index contributed by atoms with van der Waals surface area (Å²) >= 11 is 0. The highest BCUT2D eigenvalue weighted by atomic mass is 14.9. The van der Waals surface area contributed by atoms with Crippen molar-refractivity contribution in [3.05, 3.63) is 47.8 Å². The maximum atomic E-state index is 4.54. The molecule has 28 heavy (non-hydrogen) atoms. The molecule has 1 aromatic carbocycles. The van der Waals surface area contributed by atoms with Gasteiger partial charge in [0, 0.05) is 18.0 Å². The van der Waals surface area contributed by atoms with Crippen molar-refractivity contribution < 1.29 is 0 Å². The largest absolute Gasteiger partial charge is 0.236 e. The molecular weight excluding hydrogens is 340 g/mol. The number of benzene rings is 1. The van der Waals surface area contributed by atoms with E-state index in [2.05, 4.69) is 48.1 Å². The lowest BCUT2D eigenvalue weighted by Gasteiger charge is -2.28. The van der Waals surface area contributed by atoms with Crippen molar-refractivity contribution in [2.45, 2.75) is 90.9 Å². The molecule has 0 N–H and O–H groups in total. The second-order valence-electron chi connectivity index (χ2n) is 8.78. The van der Waals surface area contributed by atoms with E-state index in [1.807, 2.05) is 12.4 Å². The van der Waals surface area contributed by atoms with Crippen LogP contribution in [-0.4, -0.2) is 9.97 Å². The highest BCUT2D eigenvalue weighted by molar-refractivity contribution is 5.55. The van der Waals surface area contributed by atoms with Gasteiger partial charge in [0.1, 0.15) is 0 Å². The van der Waals surface area contributed by atoms with Crippen LogP contribution >= 0.6 is 0 Å². The van der Waals surface area contributed by atoms with E-state index in [1.165, 1.54) is 75.3 Å². The van der Waals surface area contributed by atoms with Crippen LogP contribution in [0.25, 0.3) is 11.4 Å². The average Bonchev–Trinajstić information content (AvgIpc) is 2.75. The molecule has 1 heterocycles. The van der Waals surface area contributed by atoms with Crippen LogP contribution in [0.3, 0.4) is 0 Å². The molecule has 0 unspecified atom stereocenters. The Morgan fingerprint density at radius 1 is 0.714 bits per heavy atom. The van der Waals surface area contributed by atoms with Crippen molar-refractivity contribution in [1.82, 2.24) is 9.97 Å². The van der Waals surface area contributed by atoms with E-state index in [4.69, 9.17) is 0 Å². The van der Waals surface area contributed by atoms with Crippen molar-refractivity contribution in [2.75, 3.05) is 0 Å². The van der Waals surface area contributed by atoms with Crippen LogP contribution < -0.4 is 0 Å². The van der Waals surface area contributed by atoms with Crippen LogP contribution in [0.4, 0.5) is 0 Å². The lowest BCUT2D eigenvalue weighted by atomic mass is 9.78. The average molecular weight is 379 g/mol. The molecule has 1 saturated carbocycles. The first-order chi connectivity index (χ1) is 13.8. The quantitative estimate of drug-likeness (QED) is 0.402. The van der Waals surface area contributed by atoms with Gasteiger partial charge in [-0.3, -0.25) is 0 Å². The van der Waals surface area contributed by atoms with Gasteiger partial charge in [-0.2, -0.15) is 0 Å². The van der Waals surface area contributed by atoms with Gasteiger partial charge in [-0.15, -0.1) is 0 Å². The van der Waals surface area contributed by atoms with E-state index in [0.29, 0.717) is 0 Å². The molecule has 0 spiro atoms. The van der Waals surface area contributed by atoms with Crippen molar-refractivity contribution in [3.63, 3.8) is 0 Å². The van der Waals surface area contributed by atoms with Crippen LogP contribution in [0.2, 0.25) is 0 Å². The van der Waals surface area contributed by atoms with Crippen molar-refractivity contribution in [2.24, 2.45) is 11.8 Å². The van der Waals surface area contributed by atoms with Crippen LogP contribution in [0.5, 0.6) is 0 Å². The first kappa shape index (κ1) is 21.0. The number of aromatic nitrogens is 2. The summed E-state index contributed by atoms with van der Waals surface area (Å²) in [5.41, 5.74) is 3.80. The Balaban J connectivity index is 1.42. The Morgan fingerprint density at radius 3 is 1.96 bits per heavy atom. The smallest absolute Gasteiger partial charge is 0.159 e. The maximum Gasteiger partial charge on any atom is 0.159 e. The van der Waals surface area contributed by atoms with Gasteiger partial charge >= 0.3 is 0 Å². The van der Waals surface area contributed by atoms with Gasteiger partial charge in [0.25, 0.3) is 0 Å². The molecule has 2 heteroatoms. The summed E-state index contributed by atoms with van der Waals surface area (Å²) in [6.45, 7) is 4.49. The monoisotopic (exact) mass is 378 g/mol. The molecule has 0 aliphatic heterocycles. The molecule has 1 aromatic heterocycles. The molecule has 0 radical (unpaired) electrons. The van der Waals surface area contributed by atoms with Gasteiger partial charge in [0.2, 0.25) is 0 Å². The number of nitrogens with zero attached hydrogens (tertiary/aromatic N) is 2. The number of rotatable bonds is 10. The molecule has 2 nitrogen and oxygen atoms in total. The Hall–Kier alpha value is -1.70. The fourth-order valence-electron chi connectivity index (χ4n) is 4.60. The van der Waals surface area contributed by atoms with Gasteiger partial charge in [-0.25, -0.2) is 9.97 Å². The first-order valence-electron chi connectivity index (χ1n) is 11.7. The standard InChI is InChI=1S/C26H38N2/c1-3-5-6-8-21-9-11-22(12-10-21)13-14-23-15-17-25(18-16-23)26-27-19-24(7-4-2)20-28-26/h15-22H,3-14H2,1-2H3. The van der Waals surface area contributed by atoms with Crippen molar-refractivity contribution in [3.8, 4) is 11.4 Å².